The van der Waals surface area contributed by atoms with E-state index in [4.69, 9.17) is 0 Å². The van der Waals surface area contributed by atoms with Crippen molar-refractivity contribution in [3.8, 4) is 0 Å². The molecule has 0 aromatic carbocycles. The van der Waals surface area contributed by atoms with E-state index in [9.17, 15) is 13.2 Å². The van der Waals surface area contributed by atoms with Gasteiger partial charge in [0.15, 0.2) is 0 Å². The zero-order chi connectivity index (χ0) is 12.9. The predicted octanol–water partition coefficient (Wildman–Crippen LogP) is 1.16. The number of hydrogen-bond donors (Lipinski definition) is 1. The molecular formula is C11H22F3N3. The number of nitrogens with zero attached hydrogens (tertiary/aromatic N) is 2. The van der Waals surface area contributed by atoms with E-state index >= 15 is 0 Å². The SMILES string of the molecule is CC(C)NCCN1CCN(CC(F)(F)F)CC1. The minimum absolute atomic E-state index is 0.460. The van der Waals surface area contributed by atoms with Gasteiger partial charge in [-0.05, 0) is 0 Å². The van der Waals surface area contributed by atoms with Gasteiger partial charge in [-0.2, -0.15) is 13.2 Å². The van der Waals surface area contributed by atoms with Gasteiger partial charge in [-0.1, -0.05) is 13.8 Å². The van der Waals surface area contributed by atoms with Crippen LogP contribution in [0.3, 0.4) is 0 Å². The lowest BCUT2D eigenvalue weighted by Gasteiger charge is -2.35. The zero-order valence-electron chi connectivity index (χ0n) is 10.6. The molecule has 1 N–H and O–H groups in total. The third-order valence-electron chi connectivity index (χ3n) is 2.85. The first-order valence-electron chi connectivity index (χ1n) is 6.11. The molecule has 0 spiro atoms. The molecule has 0 atom stereocenters. The van der Waals surface area contributed by atoms with Gasteiger partial charge in [0.05, 0.1) is 6.54 Å². The zero-order valence-corrected chi connectivity index (χ0v) is 10.6. The van der Waals surface area contributed by atoms with Crippen molar-refractivity contribution < 1.29 is 13.2 Å². The summed E-state index contributed by atoms with van der Waals surface area (Å²) in [6, 6.07) is 0.460. The fourth-order valence-electron chi connectivity index (χ4n) is 1.94. The van der Waals surface area contributed by atoms with Gasteiger partial charge in [0.1, 0.15) is 0 Å². The number of alkyl halides is 3. The van der Waals surface area contributed by atoms with Crippen molar-refractivity contribution in [2.75, 3.05) is 45.8 Å². The van der Waals surface area contributed by atoms with Crippen molar-refractivity contribution in [3.05, 3.63) is 0 Å². The van der Waals surface area contributed by atoms with Crippen LogP contribution in [-0.4, -0.2) is 67.8 Å². The molecule has 1 heterocycles. The number of piperazine rings is 1. The summed E-state index contributed by atoms with van der Waals surface area (Å²) in [5.41, 5.74) is 0. The Bertz CT molecular complexity index is 210. The number of nitrogens with one attached hydrogen (secondary N) is 1. The molecule has 0 saturated carbocycles. The first-order valence-corrected chi connectivity index (χ1v) is 6.11. The van der Waals surface area contributed by atoms with Crippen LogP contribution in [0.15, 0.2) is 0 Å². The van der Waals surface area contributed by atoms with Crippen LogP contribution in [-0.2, 0) is 0 Å². The molecule has 3 nitrogen and oxygen atoms in total. The second kappa shape index (κ2) is 6.56. The first kappa shape index (κ1) is 14.7. The highest BCUT2D eigenvalue weighted by Gasteiger charge is 2.31. The highest BCUT2D eigenvalue weighted by Crippen LogP contribution is 2.17. The van der Waals surface area contributed by atoms with E-state index in [1.165, 1.54) is 4.90 Å². The Kier molecular flexibility index (Phi) is 5.69. The average Bonchev–Trinajstić information content (AvgIpc) is 2.18. The fraction of sp³-hybridized carbons (Fsp3) is 1.00. The van der Waals surface area contributed by atoms with E-state index < -0.39 is 12.7 Å². The summed E-state index contributed by atoms with van der Waals surface area (Å²) >= 11 is 0. The Labute approximate surface area is 101 Å². The molecule has 102 valence electrons. The minimum atomic E-state index is -4.07. The van der Waals surface area contributed by atoms with E-state index in [0.29, 0.717) is 19.1 Å². The topological polar surface area (TPSA) is 18.5 Å². The lowest BCUT2D eigenvalue weighted by atomic mass is 10.3. The van der Waals surface area contributed by atoms with Crippen LogP contribution in [0.2, 0.25) is 0 Å². The van der Waals surface area contributed by atoms with Crippen molar-refractivity contribution in [2.45, 2.75) is 26.1 Å². The van der Waals surface area contributed by atoms with E-state index in [2.05, 4.69) is 24.1 Å². The van der Waals surface area contributed by atoms with Crippen molar-refractivity contribution in [3.63, 3.8) is 0 Å². The molecule has 0 amide bonds. The van der Waals surface area contributed by atoms with E-state index in [1.54, 1.807) is 0 Å². The quantitative estimate of drug-likeness (QED) is 0.793. The van der Waals surface area contributed by atoms with Crippen molar-refractivity contribution >= 4 is 0 Å². The molecule has 1 aliphatic heterocycles. The highest BCUT2D eigenvalue weighted by atomic mass is 19.4. The van der Waals surface area contributed by atoms with Crippen LogP contribution in [0.25, 0.3) is 0 Å². The molecule has 17 heavy (non-hydrogen) atoms. The maximum atomic E-state index is 12.2. The molecule has 1 aliphatic rings. The lowest BCUT2D eigenvalue weighted by molar-refractivity contribution is -0.149. The molecule has 0 bridgehead atoms. The van der Waals surface area contributed by atoms with Gasteiger partial charge >= 0.3 is 6.18 Å². The monoisotopic (exact) mass is 253 g/mol. The molecule has 0 unspecified atom stereocenters. The normalized spacial score (nSPS) is 20.1. The summed E-state index contributed by atoms with van der Waals surface area (Å²) in [6.45, 7) is 7.71. The second-order valence-corrected chi connectivity index (χ2v) is 4.84. The Morgan fingerprint density at radius 3 is 2.06 bits per heavy atom. The van der Waals surface area contributed by atoms with E-state index in [1.807, 2.05) is 0 Å². The van der Waals surface area contributed by atoms with Crippen molar-refractivity contribution in [1.29, 1.82) is 0 Å². The molecule has 1 rings (SSSR count). The summed E-state index contributed by atoms with van der Waals surface area (Å²) in [5.74, 6) is 0. The molecule has 0 aliphatic carbocycles. The Hall–Kier alpha value is -0.330. The van der Waals surface area contributed by atoms with Crippen LogP contribution < -0.4 is 5.32 Å². The van der Waals surface area contributed by atoms with E-state index in [0.717, 1.165) is 26.2 Å². The first-order chi connectivity index (χ1) is 7.87. The van der Waals surface area contributed by atoms with Gasteiger partial charge in [-0.3, -0.25) is 9.80 Å². The smallest absolute Gasteiger partial charge is 0.313 e. The van der Waals surface area contributed by atoms with Crippen LogP contribution in [0, 0.1) is 0 Å². The number of halogens is 3. The predicted molar refractivity (Wildman–Crippen MR) is 62.1 cm³/mol. The Balaban J connectivity index is 2.13. The average molecular weight is 253 g/mol. The lowest BCUT2D eigenvalue weighted by Crippen LogP contribution is -2.50. The van der Waals surface area contributed by atoms with Gasteiger partial charge in [0, 0.05) is 45.3 Å². The number of hydrogen-bond acceptors (Lipinski definition) is 3. The molecule has 0 radical (unpaired) electrons. The van der Waals surface area contributed by atoms with Gasteiger partial charge in [0.2, 0.25) is 0 Å². The summed E-state index contributed by atoms with van der Waals surface area (Å²) in [5, 5.41) is 3.31. The Morgan fingerprint density at radius 1 is 1.06 bits per heavy atom. The molecule has 1 saturated heterocycles. The Morgan fingerprint density at radius 2 is 1.59 bits per heavy atom. The van der Waals surface area contributed by atoms with Crippen LogP contribution in [0.5, 0.6) is 0 Å². The summed E-state index contributed by atoms with van der Waals surface area (Å²) in [7, 11) is 0. The fourth-order valence-corrected chi connectivity index (χ4v) is 1.94. The van der Waals surface area contributed by atoms with Crippen LogP contribution in [0.4, 0.5) is 13.2 Å². The largest absolute Gasteiger partial charge is 0.401 e. The molecule has 1 fully saturated rings. The van der Waals surface area contributed by atoms with Crippen molar-refractivity contribution in [1.82, 2.24) is 15.1 Å². The molecule has 0 aromatic rings. The maximum absolute atomic E-state index is 12.2. The number of rotatable bonds is 5. The third-order valence-corrected chi connectivity index (χ3v) is 2.85. The van der Waals surface area contributed by atoms with Gasteiger partial charge < -0.3 is 5.32 Å². The van der Waals surface area contributed by atoms with E-state index in [-0.39, 0.29) is 0 Å². The molecule has 6 heteroatoms. The highest BCUT2D eigenvalue weighted by molar-refractivity contribution is 4.74. The molecular weight excluding hydrogens is 231 g/mol. The maximum Gasteiger partial charge on any atom is 0.401 e. The van der Waals surface area contributed by atoms with Crippen LogP contribution >= 0.6 is 0 Å². The summed E-state index contributed by atoms with van der Waals surface area (Å²) in [4.78, 5) is 3.69. The molecule has 0 aromatic heterocycles. The minimum Gasteiger partial charge on any atom is -0.313 e. The summed E-state index contributed by atoms with van der Waals surface area (Å²) in [6.07, 6.45) is -4.07. The second-order valence-electron chi connectivity index (χ2n) is 4.84. The standard InChI is InChI=1S/C11H22F3N3/c1-10(2)15-3-4-16-5-7-17(8-6-16)9-11(12,13)14/h10,15H,3-9H2,1-2H3. The van der Waals surface area contributed by atoms with Crippen molar-refractivity contribution in [2.24, 2.45) is 0 Å². The van der Waals surface area contributed by atoms with Crippen LogP contribution in [0.1, 0.15) is 13.8 Å². The van der Waals surface area contributed by atoms with Gasteiger partial charge in [-0.25, -0.2) is 0 Å². The van der Waals surface area contributed by atoms with Gasteiger partial charge in [-0.15, -0.1) is 0 Å². The summed E-state index contributed by atoms with van der Waals surface area (Å²) < 4.78 is 36.5. The third kappa shape index (κ3) is 6.85. The van der Waals surface area contributed by atoms with Gasteiger partial charge in [0.25, 0.3) is 0 Å².